The van der Waals surface area contributed by atoms with E-state index >= 15 is 0 Å². The van der Waals surface area contributed by atoms with Crippen molar-refractivity contribution < 1.29 is 22.7 Å². The van der Waals surface area contributed by atoms with Crippen LogP contribution >= 0.6 is 0 Å². The molecule has 2 atom stereocenters. The van der Waals surface area contributed by atoms with Crippen molar-refractivity contribution >= 4 is 21.8 Å². The van der Waals surface area contributed by atoms with E-state index in [4.69, 9.17) is 4.74 Å². The van der Waals surface area contributed by atoms with E-state index in [1.54, 1.807) is 61.5 Å². The molecule has 30 heavy (non-hydrogen) atoms. The lowest BCUT2D eigenvalue weighted by Crippen LogP contribution is -2.30. The van der Waals surface area contributed by atoms with Crippen LogP contribution in [0.2, 0.25) is 0 Å². The van der Waals surface area contributed by atoms with Crippen LogP contribution in [-0.2, 0) is 14.8 Å². The molecule has 1 fully saturated rings. The van der Waals surface area contributed by atoms with Gasteiger partial charge in [0.25, 0.3) is 0 Å². The second kappa shape index (κ2) is 8.93. The van der Waals surface area contributed by atoms with Crippen LogP contribution in [-0.4, -0.2) is 44.2 Å². The summed E-state index contributed by atoms with van der Waals surface area (Å²) in [5.74, 6) is -1.44. The first-order valence-electron chi connectivity index (χ1n) is 9.78. The zero-order chi connectivity index (χ0) is 21.9. The summed E-state index contributed by atoms with van der Waals surface area (Å²) in [6.45, 7) is 7.97. The van der Waals surface area contributed by atoms with Gasteiger partial charge in [0.1, 0.15) is 0 Å². The summed E-state index contributed by atoms with van der Waals surface area (Å²) < 4.78 is 32.3. The number of sulfonamides is 1. The Morgan fingerprint density at radius 1 is 1.07 bits per heavy atom. The molecule has 0 spiro atoms. The van der Waals surface area contributed by atoms with Gasteiger partial charge in [-0.15, -0.1) is 6.58 Å². The molecule has 1 aliphatic heterocycles. The quantitative estimate of drug-likeness (QED) is 0.384. The minimum absolute atomic E-state index is 0.0886. The van der Waals surface area contributed by atoms with Crippen LogP contribution in [0, 0.1) is 18.8 Å². The molecule has 0 unspecified atom stereocenters. The molecule has 158 valence electrons. The SMILES string of the molecule is C=C[C@H]1CN(S(=O)(=O)c2ccc(C)cc2)C[C@H]1C(=O)c1ccc(C(=O)OCC)cc1. The molecule has 0 saturated carbocycles. The van der Waals surface area contributed by atoms with Gasteiger partial charge in [0.2, 0.25) is 10.0 Å². The monoisotopic (exact) mass is 427 g/mol. The Bertz CT molecular complexity index is 1040. The highest BCUT2D eigenvalue weighted by atomic mass is 32.2. The van der Waals surface area contributed by atoms with Crippen LogP contribution < -0.4 is 0 Å². The molecule has 7 heteroatoms. The van der Waals surface area contributed by atoms with Crippen LogP contribution in [0.5, 0.6) is 0 Å². The average Bonchev–Trinajstić information content (AvgIpc) is 3.19. The molecule has 3 rings (SSSR count). The van der Waals surface area contributed by atoms with Crippen molar-refractivity contribution in [3.8, 4) is 0 Å². The van der Waals surface area contributed by atoms with Crippen molar-refractivity contribution in [2.75, 3.05) is 19.7 Å². The first-order valence-corrected chi connectivity index (χ1v) is 11.2. The van der Waals surface area contributed by atoms with Crippen LogP contribution in [0.4, 0.5) is 0 Å². The van der Waals surface area contributed by atoms with E-state index in [1.807, 2.05) is 6.92 Å². The van der Waals surface area contributed by atoms with E-state index in [2.05, 4.69) is 6.58 Å². The average molecular weight is 428 g/mol. The predicted octanol–water partition coefficient (Wildman–Crippen LogP) is 3.48. The maximum absolute atomic E-state index is 13.1. The number of hydrogen-bond acceptors (Lipinski definition) is 5. The zero-order valence-corrected chi connectivity index (χ0v) is 17.9. The van der Waals surface area contributed by atoms with Gasteiger partial charge in [0, 0.05) is 30.5 Å². The third-order valence-corrected chi connectivity index (χ3v) is 7.16. The highest BCUT2D eigenvalue weighted by Crippen LogP contribution is 2.32. The summed E-state index contributed by atoms with van der Waals surface area (Å²) >= 11 is 0. The van der Waals surface area contributed by atoms with Gasteiger partial charge in [0.15, 0.2) is 5.78 Å². The van der Waals surface area contributed by atoms with Gasteiger partial charge in [-0.25, -0.2) is 13.2 Å². The molecule has 0 bridgehead atoms. The zero-order valence-electron chi connectivity index (χ0n) is 17.1. The topological polar surface area (TPSA) is 80.8 Å². The summed E-state index contributed by atoms with van der Waals surface area (Å²) in [7, 11) is -3.70. The number of nitrogens with zero attached hydrogens (tertiary/aromatic N) is 1. The molecule has 1 saturated heterocycles. The Morgan fingerprint density at radius 2 is 1.67 bits per heavy atom. The second-order valence-corrected chi connectivity index (χ2v) is 9.24. The Hall–Kier alpha value is -2.77. The van der Waals surface area contributed by atoms with E-state index in [1.165, 1.54) is 4.31 Å². The molecular weight excluding hydrogens is 402 g/mol. The molecule has 0 N–H and O–H groups in total. The fourth-order valence-corrected chi connectivity index (χ4v) is 5.07. The number of ketones is 1. The smallest absolute Gasteiger partial charge is 0.338 e. The molecule has 6 nitrogen and oxygen atoms in total. The van der Waals surface area contributed by atoms with Gasteiger partial charge in [0.05, 0.1) is 17.1 Å². The molecular formula is C23H25NO5S. The Balaban J connectivity index is 1.80. The number of esters is 1. The van der Waals surface area contributed by atoms with E-state index in [0.29, 0.717) is 11.1 Å². The standard InChI is InChI=1S/C23H25NO5S/c1-4-17-14-24(30(27,28)20-12-6-16(3)7-13-20)15-21(17)22(25)18-8-10-19(11-9-18)23(26)29-5-2/h4,6-13,17,21H,1,5,14-15H2,2-3H3/t17-,21+/m0/s1. The molecule has 0 radical (unpaired) electrons. The number of carbonyl (C=O) groups excluding carboxylic acids is 2. The lowest BCUT2D eigenvalue weighted by atomic mass is 9.88. The number of carbonyl (C=O) groups is 2. The highest BCUT2D eigenvalue weighted by molar-refractivity contribution is 7.89. The van der Waals surface area contributed by atoms with Gasteiger partial charge < -0.3 is 4.74 Å². The van der Waals surface area contributed by atoms with Crippen molar-refractivity contribution in [3.05, 3.63) is 77.9 Å². The van der Waals surface area contributed by atoms with Gasteiger partial charge in [-0.2, -0.15) is 4.31 Å². The van der Waals surface area contributed by atoms with Gasteiger partial charge in [-0.1, -0.05) is 35.9 Å². The fourth-order valence-electron chi connectivity index (χ4n) is 3.56. The van der Waals surface area contributed by atoms with E-state index in [9.17, 15) is 18.0 Å². The van der Waals surface area contributed by atoms with Crippen molar-refractivity contribution in [2.45, 2.75) is 18.7 Å². The van der Waals surface area contributed by atoms with Gasteiger partial charge >= 0.3 is 5.97 Å². The molecule has 0 amide bonds. The number of benzene rings is 2. The van der Waals surface area contributed by atoms with E-state index in [0.717, 1.165) is 5.56 Å². The van der Waals surface area contributed by atoms with Gasteiger partial charge in [-0.05, 0) is 38.1 Å². The summed E-state index contributed by atoms with van der Waals surface area (Å²) in [4.78, 5) is 25.1. The van der Waals surface area contributed by atoms with Crippen molar-refractivity contribution in [1.82, 2.24) is 4.31 Å². The van der Waals surface area contributed by atoms with Crippen molar-refractivity contribution in [1.29, 1.82) is 0 Å². The second-order valence-electron chi connectivity index (χ2n) is 7.30. The number of hydrogen-bond donors (Lipinski definition) is 0. The van der Waals surface area contributed by atoms with E-state index in [-0.39, 0.29) is 36.3 Å². The van der Waals surface area contributed by atoms with Crippen LogP contribution in [0.15, 0.2) is 66.1 Å². The lowest BCUT2D eigenvalue weighted by Gasteiger charge is -2.16. The number of rotatable bonds is 7. The number of aryl methyl sites for hydroxylation is 1. The maximum Gasteiger partial charge on any atom is 0.338 e. The van der Waals surface area contributed by atoms with Gasteiger partial charge in [-0.3, -0.25) is 4.79 Å². The normalized spacial score (nSPS) is 19.4. The minimum atomic E-state index is -3.70. The first-order chi connectivity index (χ1) is 14.3. The Morgan fingerprint density at radius 3 is 2.23 bits per heavy atom. The third-order valence-electron chi connectivity index (χ3n) is 5.31. The molecule has 0 aromatic heterocycles. The molecule has 1 aliphatic rings. The highest BCUT2D eigenvalue weighted by Gasteiger charge is 2.41. The summed E-state index contributed by atoms with van der Waals surface area (Å²) in [6, 6.07) is 12.9. The molecule has 0 aliphatic carbocycles. The van der Waals surface area contributed by atoms with Crippen molar-refractivity contribution in [3.63, 3.8) is 0 Å². The number of Topliss-reactive ketones (excluding diaryl/α,β-unsaturated/α-hetero) is 1. The Labute approximate surface area is 177 Å². The fraction of sp³-hybridized carbons (Fsp3) is 0.304. The minimum Gasteiger partial charge on any atom is -0.462 e. The summed E-state index contributed by atoms with van der Waals surface area (Å²) in [6.07, 6.45) is 1.64. The summed E-state index contributed by atoms with van der Waals surface area (Å²) in [5, 5.41) is 0. The first kappa shape index (κ1) is 21.9. The molecule has 2 aromatic rings. The third kappa shape index (κ3) is 4.37. The molecule has 2 aromatic carbocycles. The van der Waals surface area contributed by atoms with Crippen molar-refractivity contribution in [2.24, 2.45) is 11.8 Å². The number of ether oxygens (including phenoxy) is 1. The Kier molecular flexibility index (Phi) is 6.53. The maximum atomic E-state index is 13.1. The lowest BCUT2D eigenvalue weighted by molar-refractivity contribution is 0.0526. The summed E-state index contributed by atoms with van der Waals surface area (Å²) in [5.41, 5.74) is 1.76. The largest absolute Gasteiger partial charge is 0.462 e. The van der Waals surface area contributed by atoms with Crippen LogP contribution in [0.3, 0.4) is 0 Å². The molecule has 1 heterocycles. The van der Waals surface area contributed by atoms with Crippen LogP contribution in [0.25, 0.3) is 0 Å². The predicted molar refractivity (Wildman–Crippen MR) is 114 cm³/mol. The van der Waals surface area contributed by atoms with E-state index < -0.39 is 21.9 Å². The van der Waals surface area contributed by atoms with Crippen LogP contribution in [0.1, 0.15) is 33.2 Å².